The molecule has 1 atom stereocenters. The number of hydrogen-bond donors (Lipinski definition) is 0. The summed E-state index contributed by atoms with van der Waals surface area (Å²) in [6.07, 6.45) is 2.38. The molecule has 99 valence electrons. The first kappa shape index (κ1) is 13.2. The molecule has 0 bridgehead atoms. The van der Waals surface area contributed by atoms with Gasteiger partial charge in [-0.2, -0.15) is 0 Å². The van der Waals surface area contributed by atoms with Gasteiger partial charge in [0.25, 0.3) is 0 Å². The van der Waals surface area contributed by atoms with Crippen molar-refractivity contribution in [1.82, 2.24) is 0 Å². The standard InChI is InChI=1S/C20H15.Zr/c1-14-10-11-19(20-9-5-4-8-18(14)20)17-12-15-6-2-3-7-16(15)13-17;/h2-13H,1H3;. The van der Waals surface area contributed by atoms with Crippen molar-refractivity contribution >= 4 is 22.4 Å². The second-order valence-corrected chi connectivity index (χ2v) is 7.06. The van der Waals surface area contributed by atoms with Gasteiger partial charge >= 0.3 is 141 Å². The summed E-state index contributed by atoms with van der Waals surface area (Å²) in [6.45, 7) is 2.19. The molecular formula is C20H15Zr. The van der Waals surface area contributed by atoms with Crippen LogP contribution in [0.25, 0.3) is 22.4 Å². The molecule has 3 aromatic carbocycles. The van der Waals surface area contributed by atoms with Crippen LogP contribution in [0.4, 0.5) is 0 Å². The Labute approximate surface area is 140 Å². The van der Waals surface area contributed by atoms with Gasteiger partial charge in [0.2, 0.25) is 0 Å². The number of fused-ring (bicyclic) bond motifs is 2. The molecular weight excluding hydrogens is 331 g/mol. The number of hydrogen-bond acceptors (Lipinski definition) is 0. The van der Waals surface area contributed by atoms with Gasteiger partial charge in [0, 0.05) is 0 Å². The second kappa shape index (κ2) is 5.07. The SMILES string of the molecule is Cc1ccc(C2=Cc3ccccc3[CH]2[Zr])c2ccccc12. The van der Waals surface area contributed by atoms with Gasteiger partial charge < -0.3 is 0 Å². The van der Waals surface area contributed by atoms with E-state index in [1.807, 2.05) is 0 Å². The zero-order chi connectivity index (χ0) is 14.4. The summed E-state index contributed by atoms with van der Waals surface area (Å²) in [5, 5.41) is 2.75. The van der Waals surface area contributed by atoms with E-state index in [2.05, 4.69) is 73.7 Å². The predicted molar refractivity (Wildman–Crippen MR) is 85.7 cm³/mol. The molecule has 0 spiro atoms. The minimum absolute atomic E-state index is 0.555. The molecule has 1 unspecified atom stereocenters. The van der Waals surface area contributed by atoms with Crippen LogP contribution in [0.15, 0.2) is 60.7 Å². The quantitative estimate of drug-likeness (QED) is 0.561. The first-order valence-electron chi connectivity index (χ1n) is 7.26. The zero-order valence-electron chi connectivity index (χ0n) is 11.9. The first-order chi connectivity index (χ1) is 10.3. The first-order valence-corrected chi connectivity index (χ1v) is 8.68. The molecule has 3 aromatic rings. The van der Waals surface area contributed by atoms with Crippen molar-refractivity contribution < 1.29 is 24.7 Å². The number of allylic oxidation sites excluding steroid dienone is 1. The Hall–Kier alpha value is -1.46. The van der Waals surface area contributed by atoms with E-state index < -0.39 is 0 Å². The molecule has 0 radical (unpaired) electrons. The van der Waals surface area contributed by atoms with E-state index in [0.717, 1.165) is 0 Å². The van der Waals surface area contributed by atoms with E-state index in [0.29, 0.717) is 3.63 Å². The van der Waals surface area contributed by atoms with Crippen molar-refractivity contribution in [2.45, 2.75) is 10.5 Å². The van der Waals surface area contributed by atoms with Crippen LogP contribution in [-0.4, -0.2) is 0 Å². The summed E-state index contributed by atoms with van der Waals surface area (Å²) in [7, 11) is 0. The van der Waals surface area contributed by atoms with Gasteiger partial charge in [0.15, 0.2) is 0 Å². The van der Waals surface area contributed by atoms with Crippen molar-refractivity contribution in [2.24, 2.45) is 0 Å². The van der Waals surface area contributed by atoms with Gasteiger partial charge in [0.1, 0.15) is 0 Å². The van der Waals surface area contributed by atoms with Gasteiger partial charge in [-0.1, -0.05) is 0 Å². The summed E-state index contributed by atoms with van der Waals surface area (Å²) in [6, 6.07) is 22.1. The number of benzene rings is 3. The number of aryl methyl sites for hydroxylation is 1. The van der Waals surface area contributed by atoms with Crippen molar-refractivity contribution in [1.29, 1.82) is 0 Å². The fourth-order valence-corrected chi connectivity index (χ4v) is 4.49. The normalized spacial score (nSPS) is 16.8. The Morgan fingerprint density at radius 1 is 0.810 bits per heavy atom. The Bertz CT molecular complexity index is 874. The van der Waals surface area contributed by atoms with E-state index in [1.54, 1.807) is 24.7 Å². The van der Waals surface area contributed by atoms with E-state index in [-0.39, 0.29) is 0 Å². The van der Waals surface area contributed by atoms with Crippen LogP contribution in [0.3, 0.4) is 0 Å². The molecule has 0 nitrogen and oxygen atoms in total. The molecule has 0 amide bonds. The minimum atomic E-state index is 0.555. The van der Waals surface area contributed by atoms with Crippen LogP contribution in [0.5, 0.6) is 0 Å². The summed E-state index contributed by atoms with van der Waals surface area (Å²) >= 11 is 1.56. The zero-order valence-corrected chi connectivity index (χ0v) is 14.4. The molecule has 0 aliphatic heterocycles. The molecule has 0 N–H and O–H groups in total. The van der Waals surface area contributed by atoms with E-state index in [9.17, 15) is 0 Å². The van der Waals surface area contributed by atoms with Gasteiger partial charge in [-0.3, -0.25) is 0 Å². The van der Waals surface area contributed by atoms with E-state index >= 15 is 0 Å². The Morgan fingerprint density at radius 2 is 1.52 bits per heavy atom. The summed E-state index contributed by atoms with van der Waals surface area (Å²) < 4.78 is 0.555. The van der Waals surface area contributed by atoms with Crippen molar-refractivity contribution in [3.05, 3.63) is 82.9 Å². The molecule has 0 saturated heterocycles. The van der Waals surface area contributed by atoms with Crippen LogP contribution < -0.4 is 0 Å². The van der Waals surface area contributed by atoms with Gasteiger partial charge in [-0.25, -0.2) is 0 Å². The van der Waals surface area contributed by atoms with Gasteiger partial charge in [0.05, 0.1) is 0 Å². The molecule has 4 rings (SSSR count). The Balaban J connectivity index is 1.96. The third-order valence-electron chi connectivity index (χ3n) is 4.38. The van der Waals surface area contributed by atoms with Crippen molar-refractivity contribution in [3.8, 4) is 0 Å². The molecule has 0 saturated carbocycles. The van der Waals surface area contributed by atoms with Crippen molar-refractivity contribution in [2.75, 3.05) is 0 Å². The van der Waals surface area contributed by atoms with Crippen LogP contribution >= 0.6 is 0 Å². The Morgan fingerprint density at radius 3 is 2.33 bits per heavy atom. The summed E-state index contributed by atoms with van der Waals surface area (Å²) in [5.41, 5.74) is 7.10. The maximum absolute atomic E-state index is 2.38. The molecule has 1 aliphatic rings. The van der Waals surface area contributed by atoms with Crippen molar-refractivity contribution in [3.63, 3.8) is 0 Å². The average Bonchev–Trinajstić information content (AvgIpc) is 2.86. The van der Waals surface area contributed by atoms with E-state index in [1.165, 1.54) is 38.6 Å². The molecule has 0 aromatic heterocycles. The van der Waals surface area contributed by atoms with Crippen LogP contribution in [0.1, 0.15) is 25.9 Å². The van der Waals surface area contributed by atoms with Gasteiger partial charge in [-0.15, -0.1) is 0 Å². The predicted octanol–water partition coefficient (Wildman–Crippen LogP) is 5.29. The third kappa shape index (κ3) is 2.07. The molecule has 1 heteroatoms. The molecule has 1 aliphatic carbocycles. The molecule has 21 heavy (non-hydrogen) atoms. The monoisotopic (exact) mass is 345 g/mol. The van der Waals surface area contributed by atoms with Crippen LogP contribution in [0.2, 0.25) is 0 Å². The summed E-state index contributed by atoms with van der Waals surface area (Å²) in [5.74, 6) is 0. The third-order valence-corrected chi connectivity index (χ3v) is 5.91. The topological polar surface area (TPSA) is 0 Å². The Kier molecular flexibility index (Phi) is 3.19. The van der Waals surface area contributed by atoms with E-state index in [4.69, 9.17) is 0 Å². The fraction of sp³-hybridized carbons (Fsp3) is 0.100. The molecule has 0 heterocycles. The summed E-state index contributed by atoms with van der Waals surface area (Å²) in [4.78, 5) is 0. The average molecular weight is 347 g/mol. The second-order valence-electron chi connectivity index (χ2n) is 5.64. The number of rotatable bonds is 1. The maximum atomic E-state index is 2.38. The van der Waals surface area contributed by atoms with Crippen LogP contribution in [-0.2, 0) is 24.7 Å². The van der Waals surface area contributed by atoms with Gasteiger partial charge in [-0.05, 0) is 0 Å². The van der Waals surface area contributed by atoms with Crippen LogP contribution in [0, 0.1) is 6.92 Å². The fourth-order valence-electron chi connectivity index (χ4n) is 3.26. The molecule has 0 fully saturated rings.